The number of H-pyrrole nitrogens is 1. The molecular formula is C29H31F3N6O6. The summed E-state index contributed by atoms with van der Waals surface area (Å²) in [6.45, 7) is 2.04. The summed E-state index contributed by atoms with van der Waals surface area (Å²) in [6, 6.07) is 10.5. The number of carboxylic acid groups (broad SMARTS) is 1. The molecule has 2 N–H and O–H groups in total. The lowest BCUT2D eigenvalue weighted by Crippen LogP contribution is -2.41. The molecular weight excluding hydrogens is 585 g/mol. The third kappa shape index (κ3) is 6.99. The molecule has 2 aromatic carbocycles. The van der Waals surface area contributed by atoms with Crippen molar-refractivity contribution in [3.8, 4) is 6.07 Å². The molecule has 0 spiro atoms. The maximum Gasteiger partial charge on any atom is 0.416 e. The number of anilines is 2. The molecule has 3 aromatic rings. The zero-order chi connectivity index (χ0) is 32.8. The molecule has 0 bridgehead atoms. The number of nitrogens with one attached hydrogen (secondary N) is 1. The Morgan fingerprint density at radius 2 is 1.95 bits per heavy atom. The van der Waals surface area contributed by atoms with Crippen LogP contribution >= 0.6 is 0 Å². The summed E-state index contributed by atoms with van der Waals surface area (Å²) in [5.74, 6) is -0.804. The molecule has 1 unspecified atom stereocenters. The van der Waals surface area contributed by atoms with Crippen molar-refractivity contribution >= 4 is 24.1 Å². The van der Waals surface area contributed by atoms with Crippen LogP contribution in [0.15, 0.2) is 58.5 Å². The van der Waals surface area contributed by atoms with E-state index in [0.29, 0.717) is 40.7 Å². The number of nitrogens with zero attached hydrogens (tertiary/aromatic N) is 5. The van der Waals surface area contributed by atoms with Gasteiger partial charge in [0.2, 0.25) is 5.95 Å². The summed E-state index contributed by atoms with van der Waals surface area (Å²) in [5.41, 5.74) is 0.229. The molecule has 0 radical (unpaired) electrons. The number of halogens is 3. The van der Waals surface area contributed by atoms with Crippen molar-refractivity contribution in [2.45, 2.75) is 32.1 Å². The highest BCUT2D eigenvalue weighted by Crippen LogP contribution is 2.43. The number of hydrogen-bond donors (Lipinski definition) is 2. The molecule has 2 heterocycles. The van der Waals surface area contributed by atoms with Crippen molar-refractivity contribution in [2.24, 2.45) is 0 Å². The van der Waals surface area contributed by atoms with Crippen molar-refractivity contribution in [1.82, 2.24) is 14.8 Å². The van der Waals surface area contributed by atoms with Crippen LogP contribution in [-0.4, -0.2) is 71.2 Å². The van der Waals surface area contributed by atoms with Gasteiger partial charge in [-0.3, -0.25) is 4.90 Å². The maximum atomic E-state index is 13.6. The lowest BCUT2D eigenvalue weighted by atomic mass is 9.89. The van der Waals surface area contributed by atoms with E-state index in [0.717, 1.165) is 12.1 Å². The highest BCUT2D eigenvalue weighted by molar-refractivity contribution is 5.93. The number of esters is 1. The van der Waals surface area contributed by atoms with E-state index in [1.165, 1.54) is 28.7 Å². The van der Waals surface area contributed by atoms with E-state index < -0.39 is 35.9 Å². The first-order valence-corrected chi connectivity index (χ1v) is 13.2. The molecule has 44 heavy (non-hydrogen) atoms. The van der Waals surface area contributed by atoms with Gasteiger partial charge in [0, 0.05) is 36.4 Å². The second kappa shape index (κ2) is 13.6. The largest absolute Gasteiger partial charge is 0.554 e. The molecule has 0 saturated heterocycles. The minimum absolute atomic E-state index is 0.00294. The number of aliphatic hydroxyl groups excluding tert-OH is 1. The third-order valence-corrected chi connectivity index (χ3v) is 7.07. The minimum atomic E-state index is -4.62. The number of nitriles is 1. The zero-order valence-electron chi connectivity index (χ0n) is 24.4. The number of aromatic nitrogens is 3. The molecule has 1 atom stereocenters. The van der Waals surface area contributed by atoms with Crippen LogP contribution in [-0.2, 0) is 27.0 Å². The van der Waals surface area contributed by atoms with Crippen molar-refractivity contribution in [1.29, 1.82) is 5.26 Å². The fourth-order valence-corrected chi connectivity index (χ4v) is 5.20. The Morgan fingerprint density at radius 3 is 2.55 bits per heavy atom. The first kappa shape index (κ1) is 33.6. The number of aliphatic hydroxyl groups is 1. The predicted molar refractivity (Wildman–Crippen MR) is 149 cm³/mol. The predicted octanol–water partition coefficient (Wildman–Crippen LogP) is 1.97. The van der Waals surface area contributed by atoms with Gasteiger partial charge in [0.15, 0.2) is 0 Å². The van der Waals surface area contributed by atoms with E-state index in [1.54, 1.807) is 25.1 Å². The molecule has 0 aliphatic carbocycles. The second-order valence-corrected chi connectivity index (χ2v) is 10.5. The monoisotopic (exact) mass is 616 g/mol. The maximum absolute atomic E-state index is 13.6. The van der Waals surface area contributed by atoms with E-state index in [-0.39, 0.29) is 29.5 Å². The number of alkyl halides is 3. The van der Waals surface area contributed by atoms with Crippen LogP contribution in [0.2, 0.25) is 0 Å². The Bertz CT molecular complexity index is 1650. The van der Waals surface area contributed by atoms with Gasteiger partial charge in [-0.2, -0.15) is 18.4 Å². The number of fused-ring (bicyclic) bond motifs is 1. The van der Waals surface area contributed by atoms with E-state index in [4.69, 9.17) is 14.6 Å². The fraction of sp³-hybridized carbons (Fsp3) is 0.345. The second-order valence-electron chi connectivity index (χ2n) is 10.5. The number of hydrogen-bond acceptors (Lipinski definition) is 9. The summed E-state index contributed by atoms with van der Waals surface area (Å²) < 4.78 is 47.5. The van der Waals surface area contributed by atoms with E-state index in [9.17, 15) is 33.1 Å². The van der Waals surface area contributed by atoms with Gasteiger partial charge in [0.05, 0.1) is 50.5 Å². The number of ether oxygens (including phenoxy) is 1. The van der Waals surface area contributed by atoms with Gasteiger partial charge in [-0.15, -0.1) is 5.10 Å². The summed E-state index contributed by atoms with van der Waals surface area (Å²) in [5, 5.41) is 33.7. The smallest absolute Gasteiger partial charge is 0.416 e. The number of benzene rings is 2. The van der Waals surface area contributed by atoms with Crippen LogP contribution in [0.4, 0.5) is 24.8 Å². The Balaban J connectivity index is 0.00000169. The summed E-state index contributed by atoms with van der Waals surface area (Å²) in [7, 11) is 5.08. The van der Waals surface area contributed by atoms with Gasteiger partial charge >= 0.3 is 17.8 Å². The normalized spacial score (nSPS) is 14.7. The van der Waals surface area contributed by atoms with Gasteiger partial charge in [-0.1, -0.05) is 12.1 Å². The fourth-order valence-electron chi connectivity index (χ4n) is 5.20. The SMILES string of the molecule is COC(=O)C1=C(C)N(c2cccc(C(F)(F)F)c2)c2n[nH]c(=O)n2C1c1ccc(C#N)cc1C[N+](C)(C)CCCO.O=C[O-]. The van der Waals surface area contributed by atoms with Crippen LogP contribution in [0.5, 0.6) is 0 Å². The molecule has 4 rings (SSSR count). The number of aromatic amines is 1. The lowest BCUT2D eigenvalue weighted by Gasteiger charge is -2.37. The standard InChI is InChI=1S/C28H29F3N6O4.CH2O2/c1-17-23(25(39)41-4)24(22-10-9-18(15-32)13-19(22)16-37(2,3)11-6-12-38)36-26(33-34-27(36)40)35(17)21-8-5-7-20(14-21)28(29,30)31;2-1-3/h5,7-10,13-14,24,38H,6,11-12,16H2,1-4H3;1H,(H,2,3). The third-order valence-electron chi connectivity index (χ3n) is 7.07. The summed E-state index contributed by atoms with van der Waals surface area (Å²) in [6.07, 6.45) is -4.09. The van der Waals surface area contributed by atoms with Crippen LogP contribution < -0.4 is 15.7 Å². The molecule has 1 aliphatic rings. The topological polar surface area (TPSA) is 164 Å². The number of allylic oxidation sites excluding steroid dienone is 1. The van der Waals surface area contributed by atoms with Gasteiger partial charge < -0.3 is 24.2 Å². The number of rotatable bonds is 8. The molecule has 1 aliphatic heterocycles. The van der Waals surface area contributed by atoms with Crippen molar-refractivity contribution < 1.29 is 42.2 Å². The Morgan fingerprint density at radius 1 is 1.27 bits per heavy atom. The Kier molecular flexibility index (Phi) is 10.4. The number of carbonyl (C=O) groups is 2. The van der Waals surface area contributed by atoms with Crippen molar-refractivity contribution in [3.05, 3.63) is 86.5 Å². The highest BCUT2D eigenvalue weighted by atomic mass is 19.4. The summed E-state index contributed by atoms with van der Waals surface area (Å²) >= 11 is 0. The van der Waals surface area contributed by atoms with Gasteiger partial charge in [-0.25, -0.2) is 19.3 Å². The molecule has 15 heteroatoms. The summed E-state index contributed by atoms with van der Waals surface area (Å²) in [4.78, 5) is 36.2. The molecule has 12 nitrogen and oxygen atoms in total. The molecule has 0 saturated carbocycles. The van der Waals surface area contributed by atoms with Gasteiger partial charge in [0.25, 0.3) is 0 Å². The molecule has 234 valence electrons. The minimum Gasteiger partial charge on any atom is -0.554 e. The lowest BCUT2D eigenvalue weighted by molar-refractivity contribution is -0.903. The average molecular weight is 617 g/mol. The van der Waals surface area contributed by atoms with Gasteiger partial charge in [0.1, 0.15) is 12.6 Å². The number of methoxy groups -OCH3 is 1. The molecule has 0 amide bonds. The number of quaternary nitrogens is 1. The van der Waals surface area contributed by atoms with Crippen LogP contribution in [0, 0.1) is 11.3 Å². The van der Waals surface area contributed by atoms with Crippen molar-refractivity contribution in [3.63, 3.8) is 0 Å². The Hall–Kier alpha value is -4.94. The van der Waals surface area contributed by atoms with Gasteiger partial charge in [-0.05, 0) is 42.8 Å². The van der Waals surface area contributed by atoms with E-state index >= 15 is 0 Å². The number of carbonyl (C=O) groups excluding carboxylic acids is 2. The Labute approximate surface area is 250 Å². The first-order chi connectivity index (χ1) is 20.7. The van der Waals surface area contributed by atoms with E-state index in [2.05, 4.69) is 16.3 Å². The quantitative estimate of drug-likeness (QED) is 0.219. The van der Waals surface area contributed by atoms with Crippen LogP contribution in [0.25, 0.3) is 0 Å². The first-order valence-electron chi connectivity index (χ1n) is 13.2. The average Bonchev–Trinajstić information content (AvgIpc) is 3.35. The highest BCUT2D eigenvalue weighted by Gasteiger charge is 2.41. The zero-order valence-corrected chi connectivity index (χ0v) is 24.4. The molecule has 0 fully saturated rings. The van der Waals surface area contributed by atoms with E-state index in [1.807, 2.05) is 14.1 Å². The molecule has 1 aromatic heterocycles. The van der Waals surface area contributed by atoms with Crippen LogP contribution in [0.1, 0.15) is 41.6 Å². The van der Waals surface area contributed by atoms with Crippen LogP contribution in [0.3, 0.4) is 0 Å². The van der Waals surface area contributed by atoms with Crippen molar-refractivity contribution in [2.75, 3.05) is 39.3 Å².